The molecule has 0 amide bonds. The van der Waals surface area contributed by atoms with Crippen molar-refractivity contribution in [2.75, 3.05) is 19.5 Å². The molecule has 0 aromatic heterocycles. The second-order valence-electron chi connectivity index (χ2n) is 5.05. The Labute approximate surface area is 147 Å². The summed E-state index contributed by atoms with van der Waals surface area (Å²) < 4.78 is 4.74. The minimum atomic E-state index is -0.341. The molecule has 1 rings (SSSR count). The summed E-state index contributed by atoms with van der Waals surface area (Å²) in [4.78, 5) is 13.4. The van der Waals surface area contributed by atoms with Crippen molar-refractivity contribution in [3.05, 3.63) is 53.0 Å². The number of carbonyl (C=O) groups excluding carboxylic acids is 1. The van der Waals surface area contributed by atoms with Gasteiger partial charge < -0.3 is 15.0 Å². The standard InChI is InChI=1S/C17H23N2O2.W/c1-11-8-9-16(12(2)10-11)18-15(5)19(6)14(4)13(3)17(20)21-7;/h9-10,18H,5H2,1-4,6-7H3;/q-1;+2/b14-13+;. The van der Waals surface area contributed by atoms with Gasteiger partial charge in [-0.15, -0.1) is 5.56 Å². The molecule has 1 N–H and O–H groups in total. The van der Waals surface area contributed by atoms with Crippen molar-refractivity contribution in [2.45, 2.75) is 27.7 Å². The second-order valence-corrected chi connectivity index (χ2v) is 5.05. The summed E-state index contributed by atoms with van der Waals surface area (Å²) in [5, 5.41) is 3.24. The molecular weight excluding hydrogens is 448 g/mol. The van der Waals surface area contributed by atoms with E-state index in [0.29, 0.717) is 11.4 Å². The van der Waals surface area contributed by atoms with Crippen LogP contribution in [0.3, 0.4) is 0 Å². The number of ether oxygens (including phenoxy) is 1. The van der Waals surface area contributed by atoms with Crippen molar-refractivity contribution in [2.24, 2.45) is 0 Å². The fraction of sp³-hybridized carbons (Fsp3) is 0.353. The maximum atomic E-state index is 11.6. The second kappa shape index (κ2) is 8.79. The first-order valence-electron chi connectivity index (χ1n) is 6.72. The van der Waals surface area contributed by atoms with Crippen LogP contribution in [0.5, 0.6) is 0 Å². The van der Waals surface area contributed by atoms with Gasteiger partial charge in [0.15, 0.2) is 0 Å². The molecule has 5 heteroatoms. The Kier molecular flexibility index (Phi) is 8.18. The predicted octanol–water partition coefficient (Wildman–Crippen LogP) is 3.38. The molecule has 0 unspecified atom stereocenters. The van der Waals surface area contributed by atoms with Crippen LogP contribution in [0.1, 0.15) is 25.0 Å². The van der Waals surface area contributed by atoms with Crippen molar-refractivity contribution in [3.8, 4) is 0 Å². The molecule has 0 fully saturated rings. The first-order chi connectivity index (χ1) is 9.77. The summed E-state index contributed by atoms with van der Waals surface area (Å²) in [6.07, 6.45) is 0. The van der Waals surface area contributed by atoms with Gasteiger partial charge in [-0.3, -0.25) is 0 Å². The number of aryl methyl sites for hydroxylation is 2. The van der Waals surface area contributed by atoms with Gasteiger partial charge in [-0.2, -0.15) is 23.8 Å². The van der Waals surface area contributed by atoms with Crippen molar-refractivity contribution in [1.29, 1.82) is 0 Å². The first-order valence-corrected chi connectivity index (χ1v) is 6.72. The summed E-state index contributed by atoms with van der Waals surface area (Å²) >= 11 is 0. The van der Waals surface area contributed by atoms with E-state index >= 15 is 0 Å². The van der Waals surface area contributed by atoms with Gasteiger partial charge in [-0.1, -0.05) is 26.1 Å². The molecule has 0 aliphatic carbocycles. The molecule has 0 radical (unpaired) electrons. The van der Waals surface area contributed by atoms with Crippen LogP contribution in [-0.2, 0) is 30.6 Å². The van der Waals surface area contributed by atoms with Crippen molar-refractivity contribution >= 4 is 11.7 Å². The number of hydrogen-bond donors (Lipinski definition) is 1. The van der Waals surface area contributed by atoms with Gasteiger partial charge in [-0.05, 0) is 13.8 Å². The molecule has 0 atom stereocenters. The van der Waals surface area contributed by atoms with Crippen molar-refractivity contribution < 1.29 is 30.6 Å². The number of nitrogens with one attached hydrogen (secondary N) is 1. The number of anilines is 1. The van der Waals surface area contributed by atoms with Crippen LogP contribution in [0.15, 0.2) is 35.8 Å². The number of allylic oxidation sites excluding steroid dienone is 1. The maximum Gasteiger partial charge on any atom is 2.00 e. The molecular formula is C17H23N2O2W+. The number of carbonyl (C=O) groups is 1. The number of methoxy groups -OCH3 is 1. The third-order valence-electron chi connectivity index (χ3n) is 3.52. The van der Waals surface area contributed by atoms with Crippen LogP contribution in [0.2, 0.25) is 0 Å². The zero-order valence-electron chi connectivity index (χ0n) is 14.0. The van der Waals surface area contributed by atoms with E-state index in [0.717, 1.165) is 22.5 Å². The van der Waals surface area contributed by atoms with Gasteiger partial charge in [0.1, 0.15) is 0 Å². The summed E-state index contributed by atoms with van der Waals surface area (Å²) in [5.74, 6) is 0.336. The minimum Gasteiger partial charge on any atom is -0.466 e. The van der Waals surface area contributed by atoms with Crippen molar-refractivity contribution in [1.82, 2.24) is 4.90 Å². The molecule has 1 aromatic carbocycles. The van der Waals surface area contributed by atoms with Crippen molar-refractivity contribution in [3.63, 3.8) is 0 Å². The van der Waals surface area contributed by atoms with Gasteiger partial charge in [0.2, 0.25) is 0 Å². The summed E-state index contributed by atoms with van der Waals surface area (Å²) in [7, 11) is 3.22. The zero-order valence-corrected chi connectivity index (χ0v) is 17.0. The smallest absolute Gasteiger partial charge is 0.466 e. The summed E-state index contributed by atoms with van der Waals surface area (Å²) in [6.45, 7) is 11.6. The minimum absolute atomic E-state index is 0. The Morgan fingerprint density at radius 2 is 1.95 bits per heavy atom. The molecule has 0 aliphatic heterocycles. The SMILES string of the molecule is C=C(Nc1c[c-]c(C)cc1C)N(C)/C(C)=C(\C)C(=O)OC.[W+2]. The molecule has 1 aromatic rings. The monoisotopic (exact) mass is 471 g/mol. The third-order valence-corrected chi connectivity index (χ3v) is 3.52. The number of benzene rings is 1. The van der Waals surface area contributed by atoms with Gasteiger partial charge in [0, 0.05) is 12.7 Å². The van der Waals surface area contributed by atoms with E-state index in [9.17, 15) is 4.79 Å². The van der Waals surface area contributed by atoms with E-state index in [1.807, 2.05) is 38.8 Å². The Bertz CT molecular complexity index is 594. The van der Waals surface area contributed by atoms with Crippen LogP contribution in [0.4, 0.5) is 5.69 Å². The molecule has 118 valence electrons. The fourth-order valence-electron chi connectivity index (χ4n) is 1.87. The van der Waals surface area contributed by atoms with E-state index in [4.69, 9.17) is 4.74 Å². The Balaban J connectivity index is 0.00000441. The fourth-order valence-corrected chi connectivity index (χ4v) is 1.87. The Hall–Kier alpha value is -1.54. The Morgan fingerprint density at radius 1 is 1.36 bits per heavy atom. The Morgan fingerprint density at radius 3 is 2.45 bits per heavy atom. The van der Waals surface area contributed by atoms with E-state index < -0.39 is 0 Å². The van der Waals surface area contributed by atoms with Crippen LogP contribution in [0.25, 0.3) is 0 Å². The van der Waals surface area contributed by atoms with Gasteiger partial charge in [0.25, 0.3) is 0 Å². The average molecular weight is 471 g/mol. The third kappa shape index (κ3) is 5.03. The van der Waals surface area contributed by atoms with E-state index in [1.165, 1.54) is 7.11 Å². The predicted molar refractivity (Wildman–Crippen MR) is 85.7 cm³/mol. The average Bonchev–Trinajstić information content (AvgIpc) is 2.46. The van der Waals surface area contributed by atoms with Gasteiger partial charge in [0.05, 0.1) is 18.5 Å². The number of rotatable bonds is 5. The summed E-state index contributed by atoms with van der Waals surface area (Å²) in [5.41, 5.74) is 4.49. The van der Waals surface area contributed by atoms with Crippen LogP contribution in [-0.4, -0.2) is 25.0 Å². The zero-order chi connectivity index (χ0) is 16.2. The maximum absolute atomic E-state index is 11.6. The number of nitrogens with zero attached hydrogens (tertiary/aromatic N) is 1. The molecule has 0 spiro atoms. The normalized spacial score (nSPS) is 11.0. The van der Waals surface area contributed by atoms with E-state index in [2.05, 4.69) is 24.0 Å². The largest absolute Gasteiger partial charge is 2.00 e. The molecule has 0 bridgehead atoms. The molecule has 0 aliphatic rings. The quantitative estimate of drug-likeness (QED) is 0.407. The molecule has 22 heavy (non-hydrogen) atoms. The summed E-state index contributed by atoms with van der Waals surface area (Å²) in [6, 6.07) is 7.11. The van der Waals surface area contributed by atoms with Gasteiger partial charge >= 0.3 is 27.0 Å². The first kappa shape index (κ1) is 20.5. The topological polar surface area (TPSA) is 41.6 Å². The number of esters is 1. The molecule has 0 heterocycles. The van der Waals surface area contributed by atoms with E-state index in [1.54, 1.807) is 6.92 Å². The van der Waals surface area contributed by atoms with Crippen LogP contribution in [0, 0.1) is 19.9 Å². The molecule has 4 nitrogen and oxygen atoms in total. The van der Waals surface area contributed by atoms with Gasteiger partial charge in [-0.25, -0.2) is 4.79 Å². The molecule has 0 saturated heterocycles. The molecule has 0 saturated carbocycles. The van der Waals surface area contributed by atoms with Crippen LogP contribution >= 0.6 is 0 Å². The number of hydrogen-bond acceptors (Lipinski definition) is 4. The van der Waals surface area contributed by atoms with Crippen LogP contribution < -0.4 is 5.32 Å². The van der Waals surface area contributed by atoms with E-state index in [-0.39, 0.29) is 27.0 Å².